The van der Waals surface area contributed by atoms with Crippen molar-refractivity contribution in [3.8, 4) is 16.9 Å². The van der Waals surface area contributed by atoms with Crippen LogP contribution in [0.3, 0.4) is 0 Å². The van der Waals surface area contributed by atoms with E-state index in [2.05, 4.69) is 4.98 Å². The number of carbonyl (C=O) groups excluding carboxylic acids is 1. The largest absolute Gasteiger partial charge is 0.494 e. The third-order valence-electron chi connectivity index (χ3n) is 3.51. The molecule has 3 nitrogen and oxygen atoms in total. The van der Waals surface area contributed by atoms with Gasteiger partial charge >= 0.3 is 0 Å². The highest BCUT2D eigenvalue weighted by atomic mass is 16.5. The number of hydrogen-bond donors (Lipinski definition) is 1. The van der Waals surface area contributed by atoms with Crippen molar-refractivity contribution in [3.05, 3.63) is 40.7 Å². The van der Waals surface area contributed by atoms with Crippen LogP contribution < -0.4 is 4.74 Å². The Bertz CT molecular complexity index is 653. The average molecular weight is 271 g/mol. The third kappa shape index (κ3) is 2.48. The van der Waals surface area contributed by atoms with E-state index < -0.39 is 0 Å². The summed E-state index contributed by atoms with van der Waals surface area (Å²) in [5.74, 6) is 0.957. The number of aromatic nitrogens is 1. The van der Waals surface area contributed by atoms with E-state index in [0.29, 0.717) is 6.61 Å². The van der Waals surface area contributed by atoms with Crippen molar-refractivity contribution in [1.82, 2.24) is 4.98 Å². The fourth-order valence-corrected chi connectivity index (χ4v) is 2.73. The summed E-state index contributed by atoms with van der Waals surface area (Å²) < 4.78 is 5.52. The SMILES string of the molecule is CCOc1ccc(-c2c(C)[nH]c(C)c2C(C)=O)c(C)c1. The van der Waals surface area contributed by atoms with Crippen molar-refractivity contribution in [2.45, 2.75) is 34.6 Å². The van der Waals surface area contributed by atoms with Crippen molar-refractivity contribution in [2.75, 3.05) is 6.61 Å². The number of Topliss-reactive ketones (excluding diaryl/α,β-unsaturated/α-hetero) is 1. The third-order valence-corrected chi connectivity index (χ3v) is 3.51. The van der Waals surface area contributed by atoms with E-state index in [4.69, 9.17) is 4.74 Å². The van der Waals surface area contributed by atoms with E-state index in [1.165, 1.54) is 0 Å². The zero-order chi connectivity index (χ0) is 14.9. The lowest BCUT2D eigenvalue weighted by molar-refractivity contribution is 0.101. The van der Waals surface area contributed by atoms with Gasteiger partial charge in [0.25, 0.3) is 0 Å². The maximum absolute atomic E-state index is 11.9. The number of aryl methyl sites for hydroxylation is 3. The maximum Gasteiger partial charge on any atom is 0.162 e. The molecule has 3 heteroatoms. The topological polar surface area (TPSA) is 42.1 Å². The van der Waals surface area contributed by atoms with Gasteiger partial charge < -0.3 is 9.72 Å². The smallest absolute Gasteiger partial charge is 0.162 e. The zero-order valence-electron chi connectivity index (χ0n) is 12.8. The normalized spacial score (nSPS) is 10.7. The standard InChI is InChI=1S/C17H21NO2/c1-6-20-14-7-8-15(10(2)9-14)17-12(4)18-11(3)16(17)13(5)19/h7-9,18H,6H2,1-5H3. The molecule has 0 spiro atoms. The van der Waals surface area contributed by atoms with Gasteiger partial charge in [0.1, 0.15) is 5.75 Å². The quantitative estimate of drug-likeness (QED) is 0.846. The molecule has 0 saturated heterocycles. The van der Waals surface area contributed by atoms with Gasteiger partial charge in [0.2, 0.25) is 0 Å². The Morgan fingerprint density at radius 3 is 2.45 bits per heavy atom. The minimum Gasteiger partial charge on any atom is -0.494 e. The molecule has 1 aromatic carbocycles. The van der Waals surface area contributed by atoms with Crippen LogP contribution in [0.2, 0.25) is 0 Å². The van der Waals surface area contributed by atoms with Crippen LogP contribution in [0.4, 0.5) is 0 Å². The lowest BCUT2D eigenvalue weighted by atomic mass is 9.95. The number of H-pyrrole nitrogens is 1. The first-order valence-corrected chi connectivity index (χ1v) is 6.89. The summed E-state index contributed by atoms with van der Waals surface area (Å²) >= 11 is 0. The molecule has 1 heterocycles. The van der Waals surface area contributed by atoms with Crippen LogP contribution in [0, 0.1) is 20.8 Å². The highest BCUT2D eigenvalue weighted by Crippen LogP contribution is 2.34. The molecule has 0 bridgehead atoms. The van der Waals surface area contributed by atoms with E-state index >= 15 is 0 Å². The van der Waals surface area contributed by atoms with Crippen LogP contribution in [0.1, 0.15) is 41.2 Å². The Morgan fingerprint density at radius 2 is 1.90 bits per heavy atom. The maximum atomic E-state index is 11.9. The lowest BCUT2D eigenvalue weighted by Gasteiger charge is -2.11. The molecule has 0 saturated carbocycles. The molecule has 0 fully saturated rings. The molecule has 2 rings (SSSR count). The molecule has 1 aromatic heterocycles. The van der Waals surface area contributed by atoms with Crippen LogP contribution in [-0.4, -0.2) is 17.4 Å². The first-order chi connectivity index (χ1) is 9.45. The van der Waals surface area contributed by atoms with Gasteiger partial charge in [-0.1, -0.05) is 6.07 Å². The molecule has 0 aliphatic rings. The molecular weight excluding hydrogens is 250 g/mol. The van der Waals surface area contributed by atoms with E-state index in [-0.39, 0.29) is 5.78 Å². The Morgan fingerprint density at radius 1 is 1.20 bits per heavy atom. The van der Waals surface area contributed by atoms with Gasteiger partial charge in [0.15, 0.2) is 5.78 Å². The summed E-state index contributed by atoms with van der Waals surface area (Å²) in [5.41, 5.74) is 5.95. The Kier molecular flexibility index (Phi) is 3.98. The zero-order valence-corrected chi connectivity index (χ0v) is 12.8. The van der Waals surface area contributed by atoms with Crippen molar-refractivity contribution in [1.29, 1.82) is 0 Å². The number of ether oxygens (including phenoxy) is 1. The number of hydrogen-bond acceptors (Lipinski definition) is 2. The second kappa shape index (κ2) is 5.53. The second-order valence-corrected chi connectivity index (χ2v) is 5.09. The molecule has 0 unspecified atom stereocenters. The molecular formula is C17H21NO2. The van der Waals surface area contributed by atoms with Crippen LogP contribution in [0.5, 0.6) is 5.75 Å². The van der Waals surface area contributed by atoms with Gasteiger partial charge in [-0.05, 0) is 57.9 Å². The summed E-state index contributed by atoms with van der Waals surface area (Å²) in [6.07, 6.45) is 0. The van der Waals surface area contributed by atoms with Crippen LogP contribution >= 0.6 is 0 Å². The molecule has 0 aliphatic heterocycles. The van der Waals surface area contributed by atoms with Gasteiger partial charge in [0, 0.05) is 22.5 Å². The molecule has 106 valence electrons. The summed E-state index contributed by atoms with van der Waals surface area (Å²) in [5, 5.41) is 0. The first-order valence-electron chi connectivity index (χ1n) is 6.89. The number of benzene rings is 1. The summed E-state index contributed by atoms with van der Waals surface area (Å²) in [6.45, 7) is 10.2. The highest BCUT2D eigenvalue weighted by Gasteiger charge is 2.19. The van der Waals surface area contributed by atoms with E-state index in [0.717, 1.165) is 39.4 Å². The van der Waals surface area contributed by atoms with E-state index in [9.17, 15) is 4.79 Å². The van der Waals surface area contributed by atoms with Crippen LogP contribution in [0.25, 0.3) is 11.1 Å². The van der Waals surface area contributed by atoms with Crippen LogP contribution in [0.15, 0.2) is 18.2 Å². The summed E-state index contributed by atoms with van der Waals surface area (Å²) in [7, 11) is 0. The van der Waals surface area contributed by atoms with E-state index in [1.807, 2.05) is 45.9 Å². The van der Waals surface area contributed by atoms with Gasteiger partial charge in [0.05, 0.1) is 6.61 Å². The minimum atomic E-state index is 0.0927. The Balaban J connectivity index is 2.60. The Labute approximate surface area is 120 Å². The highest BCUT2D eigenvalue weighted by molar-refractivity contribution is 6.03. The van der Waals surface area contributed by atoms with Crippen molar-refractivity contribution < 1.29 is 9.53 Å². The number of aromatic amines is 1. The fraction of sp³-hybridized carbons (Fsp3) is 0.353. The van der Waals surface area contributed by atoms with Gasteiger partial charge in [-0.25, -0.2) is 0 Å². The second-order valence-electron chi connectivity index (χ2n) is 5.09. The fourth-order valence-electron chi connectivity index (χ4n) is 2.73. The summed E-state index contributed by atoms with van der Waals surface area (Å²) in [4.78, 5) is 15.2. The van der Waals surface area contributed by atoms with E-state index in [1.54, 1.807) is 6.92 Å². The van der Waals surface area contributed by atoms with Crippen LogP contribution in [-0.2, 0) is 0 Å². The van der Waals surface area contributed by atoms with Gasteiger partial charge in [-0.15, -0.1) is 0 Å². The molecule has 20 heavy (non-hydrogen) atoms. The van der Waals surface area contributed by atoms with Crippen molar-refractivity contribution >= 4 is 5.78 Å². The number of nitrogens with one attached hydrogen (secondary N) is 1. The predicted octanol–water partition coefficient (Wildman–Crippen LogP) is 4.21. The van der Waals surface area contributed by atoms with Gasteiger partial charge in [-0.3, -0.25) is 4.79 Å². The average Bonchev–Trinajstić information content (AvgIpc) is 2.65. The minimum absolute atomic E-state index is 0.0927. The Hall–Kier alpha value is -2.03. The number of rotatable bonds is 4. The molecule has 0 amide bonds. The molecule has 1 N–H and O–H groups in total. The lowest BCUT2D eigenvalue weighted by Crippen LogP contribution is -1.98. The molecule has 2 aromatic rings. The first kappa shape index (κ1) is 14.4. The number of ketones is 1. The molecule has 0 radical (unpaired) electrons. The number of carbonyl (C=O) groups is 1. The molecule has 0 aliphatic carbocycles. The summed E-state index contributed by atoms with van der Waals surface area (Å²) in [6, 6.07) is 6.00. The molecule has 0 atom stereocenters. The monoisotopic (exact) mass is 271 g/mol. The van der Waals surface area contributed by atoms with Crippen molar-refractivity contribution in [3.63, 3.8) is 0 Å². The van der Waals surface area contributed by atoms with Gasteiger partial charge in [-0.2, -0.15) is 0 Å². The van der Waals surface area contributed by atoms with Crippen molar-refractivity contribution in [2.24, 2.45) is 0 Å². The predicted molar refractivity (Wildman–Crippen MR) is 81.6 cm³/mol.